The van der Waals surface area contributed by atoms with Gasteiger partial charge in [-0.15, -0.1) is 0 Å². The van der Waals surface area contributed by atoms with Crippen LogP contribution in [-0.2, 0) is 14.3 Å². The molecule has 0 N–H and O–H groups in total. The first kappa shape index (κ1) is 21.2. The molecule has 2 atom stereocenters. The molecule has 148 valence electrons. The molecule has 1 aromatic rings. The molecule has 0 aromatic heterocycles. The quantitative estimate of drug-likeness (QED) is 0.375. The van der Waals surface area contributed by atoms with E-state index in [1.807, 2.05) is 0 Å². The summed E-state index contributed by atoms with van der Waals surface area (Å²) in [4.78, 5) is 38.3. The Morgan fingerprint density at radius 2 is 1.96 bits per heavy atom. The lowest BCUT2D eigenvalue weighted by molar-refractivity contribution is -0.151. The number of ether oxygens (including phenoxy) is 1. The Morgan fingerprint density at radius 1 is 1.26 bits per heavy atom. The molecular formula is C21H28FNO4. The monoisotopic (exact) mass is 377 g/mol. The fourth-order valence-electron chi connectivity index (χ4n) is 3.58. The van der Waals surface area contributed by atoms with Crippen LogP contribution in [0.15, 0.2) is 24.3 Å². The molecule has 1 saturated heterocycles. The van der Waals surface area contributed by atoms with Crippen molar-refractivity contribution in [2.75, 3.05) is 26.2 Å². The number of nitrogens with zero attached hydrogens (tertiary/aromatic N) is 1. The summed E-state index contributed by atoms with van der Waals surface area (Å²) in [6.45, 7) is 5.70. The number of hydrogen-bond donors (Lipinski definition) is 0. The van der Waals surface area contributed by atoms with Crippen molar-refractivity contribution in [3.63, 3.8) is 0 Å². The predicted octanol–water partition coefficient (Wildman–Crippen LogP) is 3.27. The molecular weight excluding hydrogens is 349 g/mol. The molecule has 6 heteroatoms. The Bertz CT molecular complexity index is 659. The van der Waals surface area contributed by atoms with Crippen LogP contribution in [-0.4, -0.2) is 48.7 Å². The number of halogens is 1. The highest BCUT2D eigenvalue weighted by Crippen LogP contribution is 2.23. The summed E-state index contributed by atoms with van der Waals surface area (Å²) in [5.74, 6) is -1.44. The number of rotatable bonds is 9. The number of piperidine rings is 1. The maximum atomic E-state index is 13.0. The van der Waals surface area contributed by atoms with Gasteiger partial charge in [-0.25, -0.2) is 4.39 Å². The number of carbonyl (C=O) groups excluding carboxylic acids is 3. The molecule has 1 fully saturated rings. The Labute approximate surface area is 159 Å². The molecule has 27 heavy (non-hydrogen) atoms. The number of carbonyl (C=O) groups is 3. The van der Waals surface area contributed by atoms with Gasteiger partial charge < -0.3 is 9.64 Å². The van der Waals surface area contributed by atoms with Crippen molar-refractivity contribution >= 4 is 17.5 Å². The molecule has 0 amide bonds. The minimum atomic E-state index is -0.717. The highest BCUT2D eigenvalue weighted by Gasteiger charge is 2.27. The number of hydrogen-bond acceptors (Lipinski definition) is 5. The second-order valence-electron chi connectivity index (χ2n) is 7.15. The van der Waals surface area contributed by atoms with Crippen LogP contribution in [0, 0.1) is 17.7 Å². The van der Waals surface area contributed by atoms with Crippen molar-refractivity contribution in [2.24, 2.45) is 11.8 Å². The van der Waals surface area contributed by atoms with Gasteiger partial charge in [0.25, 0.3) is 0 Å². The SMILES string of the molecule is CCOC(=O)C(CCN1CCCC(CC(=O)c2ccc(F)cc2)C1)C(C)=O. The van der Waals surface area contributed by atoms with Crippen LogP contribution >= 0.6 is 0 Å². The topological polar surface area (TPSA) is 63.7 Å². The largest absolute Gasteiger partial charge is 0.465 e. The second kappa shape index (κ2) is 10.3. The molecule has 5 nitrogen and oxygen atoms in total. The summed E-state index contributed by atoms with van der Waals surface area (Å²) in [6.07, 6.45) is 2.81. The van der Waals surface area contributed by atoms with Crippen LogP contribution in [0.25, 0.3) is 0 Å². The highest BCUT2D eigenvalue weighted by molar-refractivity contribution is 5.97. The summed E-state index contributed by atoms with van der Waals surface area (Å²) in [7, 11) is 0. The summed E-state index contributed by atoms with van der Waals surface area (Å²) < 4.78 is 18.0. The van der Waals surface area contributed by atoms with E-state index in [1.165, 1.54) is 31.2 Å². The molecule has 0 radical (unpaired) electrons. The van der Waals surface area contributed by atoms with Crippen LogP contribution in [0.2, 0.25) is 0 Å². The van der Waals surface area contributed by atoms with Crippen molar-refractivity contribution in [2.45, 2.75) is 39.5 Å². The fourth-order valence-corrected chi connectivity index (χ4v) is 3.58. The molecule has 0 bridgehead atoms. The van der Waals surface area contributed by atoms with Gasteiger partial charge >= 0.3 is 5.97 Å². The van der Waals surface area contributed by atoms with E-state index in [1.54, 1.807) is 6.92 Å². The third-order valence-corrected chi connectivity index (χ3v) is 5.04. The lowest BCUT2D eigenvalue weighted by Crippen LogP contribution is -2.38. The van der Waals surface area contributed by atoms with E-state index in [0.717, 1.165) is 25.9 Å². The first-order valence-electron chi connectivity index (χ1n) is 9.59. The molecule has 1 aromatic carbocycles. The van der Waals surface area contributed by atoms with Gasteiger partial charge in [0.2, 0.25) is 0 Å². The first-order chi connectivity index (χ1) is 12.9. The van der Waals surface area contributed by atoms with Gasteiger partial charge in [0.15, 0.2) is 5.78 Å². The molecule has 1 aliphatic heterocycles. The summed E-state index contributed by atoms with van der Waals surface area (Å²) in [6, 6.07) is 5.65. The Balaban J connectivity index is 1.85. The van der Waals surface area contributed by atoms with Gasteiger partial charge in [-0.2, -0.15) is 0 Å². The van der Waals surface area contributed by atoms with Crippen molar-refractivity contribution in [1.82, 2.24) is 4.90 Å². The zero-order valence-corrected chi connectivity index (χ0v) is 16.1. The minimum absolute atomic E-state index is 0.0231. The Hall–Kier alpha value is -2.08. The average molecular weight is 377 g/mol. The maximum Gasteiger partial charge on any atom is 0.316 e. The molecule has 2 rings (SSSR count). The third kappa shape index (κ3) is 6.54. The van der Waals surface area contributed by atoms with Crippen molar-refractivity contribution in [3.8, 4) is 0 Å². The van der Waals surface area contributed by atoms with E-state index in [2.05, 4.69) is 4.90 Å². The zero-order valence-electron chi connectivity index (χ0n) is 16.1. The van der Waals surface area contributed by atoms with E-state index in [4.69, 9.17) is 4.74 Å². The van der Waals surface area contributed by atoms with Crippen LogP contribution in [0.1, 0.15) is 49.9 Å². The van der Waals surface area contributed by atoms with E-state index < -0.39 is 11.9 Å². The van der Waals surface area contributed by atoms with Gasteiger partial charge in [0.05, 0.1) is 6.61 Å². The number of benzene rings is 1. The van der Waals surface area contributed by atoms with Gasteiger partial charge in [-0.3, -0.25) is 14.4 Å². The normalized spacial score (nSPS) is 18.7. The van der Waals surface area contributed by atoms with Crippen LogP contribution < -0.4 is 0 Å². The minimum Gasteiger partial charge on any atom is -0.465 e. The van der Waals surface area contributed by atoms with Gasteiger partial charge in [-0.1, -0.05) is 0 Å². The predicted molar refractivity (Wildman–Crippen MR) is 99.9 cm³/mol. The van der Waals surface area contributed by atoms with Gasteiger partial charge in [-0.05, 0) is 76.4 Å². The van der Waals surface area contributed by atoms with Crippen molar-refractivity contribution < 1.29 is 23.5 Å². The second-order valence-corrected chi connectivity index (χ2v) is 7.15. The molecule has 1 aliphatic rings. The lowest BCUT2D eigenvalue weighted by Gasteiger charge is -2.33. The van der Waals surface area contributed by atoms with E-state index in [9.17, 15) is 18.8 Å². The van der Waals surface area contributed by atoms with E-state index in [-0.39, 0.29) is 29.9 Å². The lowest BCUT2D eigenvalue weighted by atomic mass is 9.90. The maximum absolute atomic E-state index is 13.0. The number of Topliss-reactive ketones (excluding diaryl/α,β-unsaturated/α-hetero) is 2. The fraction of sp³-hybridized carbons (Fsp3) is 0.571. The molecule has 0 saturated carbocycles. The standard InChI is InChI=1S/C21H28FNO4/c1-3-27-21(26)19(15(2)24)10-12-23-11-4-5-16(14-23)13-20(25)17-6-8-18(22)9-7-17/h6-9,16,19H,3-5,10-14H2,1-2H3. The number of likely N-dealkylation sites (tertiary alicyclic amines) is 1. The zero-order chi connectivity index (χ0) is 19.8. The molecule has 2 unspecified atom stereocenters. The first-order valence-corrected chi connectivity index (χ1v) is 9.59. The average Bonchev–Trinajstić information content (AvgIpc) is 2.62. The van der Waals surface area contributed by atoms with Crippen molar-refractivity contribution in [3.05, 3.63) is 35.6 Å². The molecule has 0 spiro atoms. The van der Waals surface area contributed by atoms with Crippen molar-refractivity contribution in [1.29, 1.82) is 0 Å². The molecule has 1 heterocycles. The van der Waals surface area contributed by atoms with Gasteiger partial charge in [0, 0.05) is 18.5 Å². The smallest absolute Gasteiger partial charge is 0.316 e. The Kier molecular flexibility index (Phi) is 8.10. The van der Waals surface area contributed by atoms with E-state index >= 15 is 0 Å². The summed E-state index contributed by atoms with van der Waals surface area (Å²) >= 11 is 0. The Morgan fingerprint density at radius 3 is 2.59 bits per heavy atom. The van der Waals surface area contributed by atoms with Crippen LogP contribution in [0.3, 0.4) is 0 Å². The molecule has 0 aliphatic carbocycles. The van der Waals surface area contributed by atoms with Gasteiger partial charge in [0.1, 0.15) is 17.5 Å². The number of esters is 1. The summed E-state index contributed by atoms with van der Waals surface area (Å²) in [5, 5.41) is 0. The number of ketones is 2. The summed E-state index contributed by atoms with van der Waals surface area (Å²) in [5.41, 5.74) is 0.535. The highest BCUT2D eigenvalue weighted by atomic mass is 19.1. The van der Waals surface area contributed by atoms with E-state index in [0.29, 0.717) is 24.9 Å². The van der Waals surface area contributed by atoms with Crippen LogP contribution in [0.4, 0.5) is 4.39 Å². The third-order valence-electron chi connectivity index (χ3n) is 5.04. The van der Waals surface area contributed by atoms with Crippen LogP contribution in [0.5, 0.6) is 0 Å².